The standard InChI is InChI=1S/C19H26N2O3/c1-19(17(22)23)10-11-21(13-19)18(24)20-16-9-5-8-15(12-16)14-6-3-2-4-7-14/h2-4,6-7,15-16H,5,8-13H2,1H3,(H,20,24)(H,22,23). The number of aliphatic carboxylic acids is 1. The normalized spacial score (nSPS) is 30.1. The lowest BCUT2D eigenvalue weighted by atomic mass is 9.81. The molecule has 24 heavy (non-hydrogen) atoms. The van der Waals surface area contributed by atoms with E-state index in [1.54, 1.807) is 11.8 Å². The highest BCUT2D eigenvalue weighted by molar-refractivity contribution is 5.79. The molecule has 1 heterocycles. The molecule has 5 heteroatoms. The first-order chi connectivity index (χ1) is 11.5. The molecule has 2 amide bonds. The topological polar surface area (TPSA) is 69.6 Å². The maximum absolute atomic E-state index is 12.5. The van der Waals surface area contributed by atoms with Crippen molar-refractivity contribution in [3.63, 3.8) is 0 Å². The van der Waals surface area contributed by atoms with Crippen LogP contribution in [-0.4, -0.2) is 41.1 Å². The number of likely N-dealkylation sites (tertiary alicyclic amines) is 1. The van der Waals surface area contributed by atoms with Crippen LogP contribution in [-0.2, 0) is 4.79 Å². The Balaban J connectivity index is 1.56. The van der Waals surface area contributed by atoms with Crippen LogP contribution in [0.25, 0.3) is 0 Å². The third kappa shape index (κ3) is 3.55. The highest BCUT2D eigenvalue weighted by Crippen LogP contribution is 2.34. The fourth-order valence-electron chi connectivity index (χ4n) is 3.92. The molecule has 2 aliphatic rings. The van der Waals surface area contributed by atoms with Crippen LogP contribution < -0.4 is 5.32 Å². The average molecular weight is 330 g/mol. The maximum Gasteiger partial charge on any atom is 0.317 e. The van der Waals surface area contributed by atoms with Gasteiger partial charge in [0.2, 0.25) is 0 Å². The van der Waals surface area contributed by atoms with Gasteiger partial charge in [0.15, 0.2) is 0 Å². The summed E-state index contributed by atoms with van der Waals surface area (Å²) in [5.74, 6) is -0.326. The zero-order valence-corrected chi connectivity index (χ0v) is 14.2. The number of urea groups is 1. The summed E-state index contributed by atoms with van der Waals surface area (Å²) in [6, 6.07) is 10.5. The minimum atomic E-state index is -0.820. The lowest BCUT2D eigenvalue weighted by molar-refractivity contribution is -0.147. The number of amides is 2. The number of carbonyl (C=O) groups excluding carboxylic acids is 1. The predicted octanol–water partition coefficient (Wildman–Crippen LogP) is 3.22. The Morgan fingerprint density at radius 1 is 1.25 bits per heavy atom. The lowest BCUT2D eigenvalue weighted by Crippen LogP contribution is -2.46. The summed E-state index contributed by atoms with van der Waals surface area (Å²) in [4.78, 5) is 25.5. The molecule has 0 radical (unpaired) electrons. The molecule has 2 N–H and O–H groups in total. The molecule has 130 valence electrons. The molecule has 3 rings (SSSR count). The highest BCUT2D eigenvalue weighted by atomic mass is 16.4. The Labute approximate surface area is 143 Å². The SMILES string of the molecule is CC1(C(=O)O)CCN(C(=O)NC2CCCC(c3ccccc3)C2)C1. The molecule has 5 nitrogen and oxygen atoms in total. The molecule has 0 bridgehead atoms. The monoisotopic (exact) mass is 330 g/mol. The summed E-state index contributed by atoms with van der Waals surface area (Å²) in [5.41, 5.74) is 0.535. The molecular formula is C19H26N2O3. The van der Waals surface area contributed by atoms with Gasteiger partial charge in [-0.1, -0.05) is 36.8 Å². The van der Waals surface area contributed by atoms with Crippen LogP contribution in [0.1, 0.15) is 50.5 Å². The van der Waals surface area contributed by atoms with E-state index < -0.39 is 11.4 Å². The number of carboxylic acids is 1. The number of benzene rings is 1. The first-order valence-corrected chi connectivity index (χ1v) is 8.82. The largest absolute Gasteiger partial charge is 0.481 e. The number of nitrogens with one attached hydrogen (secondary N) is 1. The van der Waals surface area contributed by atoms with E-state index in [-0.39, 0.29) is 12.1 Å². The van der Waals surface area contributed by atoms with Gasteiger partial charge in [0, 0.05) is 19.1 Å². The van der Waals surface area contributed by atoms with Crippen molar-refractivity contribution in [1.82, 2.24) is 10.2 Å². The van der Waals surface area contributed by atoms with Crippen molar-refractivity contribution < 1.29 is 14.7 Å². The summed E-state index contributed by atoms with van der Waals surface area (Å²) in [5, 5.41) is 12.4. The van der Waals surface area contributed by atoms with Crippen LogP contribution in [0.15, 0.2) is 30.3 Å². The van der Waals surface area contributed by atoms with Crippen molar-refractivity contribution in [2.45, 2.75) is 51.0 Å². The van der Waals surface area contributed by atoms with Crippen LogP contribution in [0.2, 0.25) is 0 Å². The van der Waals surface area contributed by atoms with E-state index in [0.717, 1.165) is 25.7 Å². The van der Waals surface area contributed by atoms with Crippen molar-refractivity contribution >= 4 is 12.0 Å². The van der Waals surface area contributed by atoms with E-state index in [1.807, 2.05) is 6.07 Å². The minimum Gasteiger partial charge on any atom is -0.481 e. The molecule has 1 aliphatic carbocycles. The molecule has 3 unspecified atom stereocenters. The molecule has 1 aliphatic heterocycles. The van der Waals surface area contributed by atoms with E-state index in [4.69, 9.17) is 0 Å². The second-order valence-corrected chi connectivity index (χ2v) is 7.46. The van der Waals surface area contributed by atoms with Crippen molar-refractivity contribution in [1.29, 1.82) is 0 Å². The summed E-state index contributed by atoms with van der Waals surface area (Å²) in [7, 11) is 0. The fourth-order valence-corrected chi connectivity index (χ4v) is 3.92. The van der Waals surface area contributed by atoms with Crippen LogP contribution in [0, 0.1) is 5.41 Å². The Kier molecular flexibility index (Phi) is 4.78. The molecule has 1 aromatic carbocycles. The average Bonchev–Trinajstić information content (AvgIpc) is 3.00. The molecule has 0 spiro atoms. The van der Waals surface area contributed by atoms with Crippen molar-refractivity contribution in [2.75, 3.05) is 13.1 Å². The number of hydrogen-bond acceptors (Lipinski definition) is 2. The number of carboxylic acid groups (broad SMARTS) is 1. The van der Waals surface area contributed by atoms with Gasteiger partial charge >= 0.3 is 12.0 Å². The van der Waals surface area contributed by atoms with Crippen LogP contribution in [0.4, 0.5) is 4.79 Å². The molecule has 2 fully saturated rings. The van der Waals surface area contributed by atoms with E-state index in [2.05, 4.69) is 29.6 Å². The minimum absolute atomic E-state index is 0.112. The Morgan fingerprint density at radius 2 is 2.00 bits per heavy atom. The number of hydrogen-bond donors (Lipinski definition) is 2. The van der Waals surface area contributed by atoms with Gasteiger partial charge in [-0.25, -0.2) is 4.79 Å². The number of rotatable bonds is 3. The van der Waals surface area contributed by atoms with Crippen LogP contribution in [0.5, 0.6) is 0 Å². The fraction of sp³-hybridized carbons (Fsp3) is 0.579. The van der Waals surface area contributed by atoms with E-state index in [1.165, 1.54) is 5.56 Å². The van der Waals surface area contributed by atoms with Gasteiger partial charge in [0.25, 0.3) is 0 Å². The Morgan fingerprint density at radius 3 is 2.67 bits per heavy atom. The van der Waals surface area contributed by atoms with Crippen molar-refractivity contribution in [3.05, 3.63) is 35.9 Å². The molecule has 1 aromatic rings. The quantitative estimate of drug-likeness (QED) is 0.894. The van der Waals surface area contributed by atoms with Gasteiger partial charge in [0.1, 0.15) is 0 Å². The van der Waals surface area contributed by atoms with E-state index >= 15 is 0 Å². The van der Waals surface area contributed by atoms with Crippen LogP contribution >= 0.6 is 0 Å². The molecular weight excluding hydrogens is 304 g/mol. The van der Waals surface area contributed by atoms with E-state index in [0.29, 0.717) is 25.4 Å². The lowest BCUT2D eigenvalue weighted by Gasteiger charge is -2.31. The zero-order valence-electron chi connectivity index (χ0n) is 14.2. The number of nitrogens with zero attached hydrogens (tertiary/aromatic N) is 1. The predicted molar refractivity (Wildman–Crippen MR) is 91.9 cm³/mol. The summed E-state index contributed by atoms with van der Waals surface area (Å²) >= 11 is 0. The van der Waals surface area contributed by atoms with Gasteiger partial charge in [-0.2, -0.15) is 0 Å². The maximum atomic E-state index is 12.5. The third-order valence-electron chi connectivity index (χ3n) is 5.55. The second kappa shape index (κ2) is 6.83. The highest BCUT2D eigenvalue weighted by Gasteiger charge is 2.42. The number of carbonyl (C=O) groups is 2. The molecule has 1 saturated carbocycles. The molecule has 3 atom stereocenters. The zero-order chi connectivity index (χ0) is 17.2. The molecule has 0 aromatic heterocycles. The van der Waals surface area contributed by atoms with Gasteiger partial charge in [-0.3, -0.25) is 4.79 Å². The Hall–Kier alpha value is -2.04. The van der Waals surface area contributed by atoms with E-state index in [9.17, 15) is 14.7 Å². The summed E-state index contributed by atoms with van der Waals surface area (Å²) < 4.78 is 0. The Bertz CT molecular complexity index is 604. The van der Waals surface area contributed by atoms with Crippen molar-refractivity contribution in [3.8, 4) is 0 Å². The smallest absolute Gasteiger partial charge is 0.317 e. The molecule has 1 saturated heterocycles. The first kappa shape index (κ1) is 16.8. The first-order valence-electron chi connectivity index (χ1n) is 8.82. The van der Waals surface area contributed by atoms with Crippen molar-refractivity contribution in [2.24, 2.45) is 5.41 Å². The summed E-state index contributed by atoms with van der Waals surface area (Å²) in [6.07, 6.45) is 4.75. The van der Waals surface area contributed by atoms with Gasteiger partial charge < -0.3 is 15.3 Å². The van der Waals surface area contributed by atoms with Gasteiger partial charge in [-0.15, -0.1) is 0 Å². The third-order valence-corrected chi connectivity index (χ3v) is 5.55. The van der Waals surface area contributed by atoms with Gasteiger partial charge in [0.05, 0.1) is 5.41 Å². The van der Waals surface area contributed by atoms with Crippen LogP contribution in [0.3, 0.4) is 0 Å². The summed E-state index contributed by atoms with van der Waals surface area (Å²) in [6.45, 7) is 2.53. The van der Waals surface area contributed by atoms with Gasteiger partial charge in [-0.05, 0) is 44.1 Å². The second-order valence-electron chi connectivity index (χ2n) is 7.46.